The van der Waals surface area contributed by atoms with Gasteiger partial charge in [-0.05, 0) is 49.2 Å². The maximum Gasteiger partial charge on any atom is 0.325 e. The van der Waals surface area contributed by atoms with Crippen molar-refractivity contribution in [2.75, 3.05) is 31.7 Å². The summed E-state index contributed by atoms with van der Waals surface area (Å²) in [6.45, 7) is 3.87. The number of urea groups is 1. The number of methoxy groups -OCH3 is 1. The van der Waals surface area contributed by atoms with Crippen LogP contribution in [-0.4, -0.2) is 49.6 Å². The Morgan fingerprint density at radius 3 is 2.73 bits per heavy atom. The van der Waals surface area contributed by atoms with Crippen LogP contribution in [0.2, 0.25) is 0 Å². The molecule has 1 N–H and O–H groups in total. The first-order valence-electron chi connectivity index (χ1n) is 9.66. The van der Waals surface area contributed by atoms with Gasteiger partial charge in [0.25, 0.3) is 5.91 Å². The molecule has 30 heavy (non-hydrogen) atoms. The lowest BCUT2D eigenvalue weighted by Crippen LogP contribution is -2.46. The summed E-state index contributed by atoms with van der Waals surface area (Å²) >= 11 is 0. The smallest absolute Gasteiger partial charge is 0.325 e. The number of hydrogen-bond acceptors (Lipinski definition) is 5. The molecule has 2 aliphatic heterocycles. The van der Waals surface area contributed by atoms with E-state index >= 15 is 0 Å². The Balaban J connectivity index is 1.56. The highest BCUT2D eigenvalue weighted by atomic mass is 16.5. The Morgan fingerprint density at radius 1 is 1.23 bits per heavy atom. The van der Waals surface area contributed by atoms with Crippen molar-refractivity contribution in [3.05, 3.63) is 53.6 Å². The molecule has 156 valence electrons. The number of fused-ring (bicyclic) bond motifs is 1. The molecule has 1 saturated heterocycles. The Kier molecular flexibility index (Phi) is 4.85. The number of para-hydroxylation sites is 2. The lowest BCUT2D eigenvalue weighted by molar-refractivity contribution is -0.134. The zero-order valence-corrected chi connectivity index (χ0v) is 17.1. The van der Waals surface area contributed by atoms with Crippen molar-refractivity contribution in [1.29, 1.82) is 0 Å². The highest BCUT2D eigenvalue weighted by Crippen LogP contribution is 2.33. The van der Waals surface area contributed by atoms with Crippen LogP contribution in [-0.2, 0) is 15.1 Å². The van der Waals surface area contributed by atoms with E-state index in [1.807, 2.05) is 19.1 Å². The molecule has 2 aromatic rings. The number of aryl methyl sites for hydroxylation is 1. The second-order valence-corrected chi connectivity index (χ2v) is 7.49. The zero-order valence-electron chi connectivity index (χ0n) is 17.1. The van der Waals surface area contributed by atoms with Gasteiger partial charge in [-0.15, -0.1) is 0 Å². The van der Waals surface area contributed by atoms with Gasteiger partial charge in [0.05, 0.1) is 19.3 Å². The number of rotatable bonds is 4. The van der Waals surface area contributed by atoms with Gasteiger partial charge in [-0.25, -0.2) is 4.79 Å². The highest BCUT2D eigenvalue weighted by molar-refractivity contribution is 6.10. The molecule has 2 aromatic carbocycles. The Hall–Kier alpha value is -3.55. The molecule has 1 fully saturated rings. The van der Waals surface area contributed by atoms with Gasteiger partial charge in [-0.3, -0.25) is 14.5 Å². The molecule has 0 spiro atoms. The van der Waals surface area contributed by atoms with Crippen LogP contribution in [0.15, 0.2) is 42.5 Å². The van der Waals surface area contributed by atoms with Gasteiger partial charge in [0.1, 0.15) is 30.2 Å². The van der Waals surface area contributed by atoms with Crippen molar-refractivity contribution < 1.29 is 23.9 Å². The fraction of sp³-hybridized carbons (Fsp3) is 0.318. The van der Waals surface area contributed by atoms with Crippen LogP contribution < -0.4 is 19.7 Å². The van der Waals surface area contributed by atoms with Crippen molar-refractivity contribution in [2.45, 2.75) is 19.4 Å². The molecular weight excluding hydrogens is 386 g/mol. The number of hydrogen-bond donors (Lipinski definition) is 1. The summed E-state index contributed by atoms with van der Waals surface area (Å²) in [6, 6.07) is 11.9. The third-order valence-corrected chi connectivity index (χ3v) is 5.57. The van der Waals surface area contributed by atoms with E-state index in [1.165, 1.54) is 0 Å². The molecular formula is C22H23N3O5. The van der Waals surface area contributed by atoms with Gasteiger partial charge in [0.15, 0.2) is 0 Å². The summed E-state index contributed by atoms with van der Waals surface area (Å²) in [7, 11) is 1.57. The molecule has 8 nitrogen and oxygen atoms in total. The quantitative estimate of drug-likeness (QED) is 0.782. The Labute approximate surface area is 174 Å². The van der Waals surface area contributed by atoms with Gasteiger partial charge >= 0.3 is 6.03 Å². The molecule has 2 aliphatic rings. The van der Waals surface area contributed by atoms with E-state index < -0.39 is 17.5 Å². The normalized spacial score (nSPS) is 20.5. The third-order valence-electron chi connectivity index (χ3n) is 5.57. The summed E-state index contributed by atoms with van der Waals surface area (Å²) in [6.07, 6.45) is 0. The first-order chi connectivity index (χ1) is 14.3. The summed E-state index contributed by atoms with van der Waals surface area (Å²) in [4.78, 5) is 41.3. The summed E-state index contributed by atoms with van der Waals surface area (Å²) in [5.74, 6) is 0.487. The van der Waals surface area contributed by atoms with E-state index in [4.69, 9.17) is 9.47 Å². The van der Waals surface area contributed by atoms with Crippen molar-refractivity contribution in [3.8, 4) is 11.5 Å². The molecule has 0 aromatic heterocycles. The maximum atomic E-state index is 13.2. The topological polar surface area (TPSA) is 88.2 Å². The first kappa shape index (κ1) is 19.8. The second kappa shape index (κ2) is 7.37. The van der Waals surface area contributed by atoms with Crippen molar-refractivity contribution in [1.82, 2.24) is 10.2 Å². The molecule has 0 bridgehead atoms. The number of amides is 4. The van der Waals surface area contributed by atoms with Crippen molar-refractivity contribution in [2.24, 2.45) is 0 Å². The minimum absolute atomic E-state index is 0.343. The van der Waals surface area contributed by atoms with Gasteiger partial charge < -0.3 is 19.7 Å². The lowest BCUT2D eigenvalue weighted by atomic mass is 9.90. The van der Waals surface area contributed by atoms with Gasteiger partial charge in [0, 0.05) is 0 Å². The fourth-order valence-corrected chi connectivity index (χ4v) is 3.87. The maximum absolute atomic E-state index is 13.2. The van der Waals surface area contributed by atoms with Crippen LogP contribution in [0.25, 0.3) is 0 Å². The predicted octanol–water partition coefficient (Wildman–Crippen LogP) is 2.20. The molecule has 4 rings (SSSR count). The number of benzene rings is 2. The average Bonchev–Trinajstić information content (AvgIpc) is 2.97. The summed E-state index contributed by atoms with van der Waals surface area (Å²) < 4.78 is 10.8. The molecule has 4 amide bonds. The number of carbonyl (C=O) groups excluding carboxylic acids is 3. The highest BCUT2D eigenvalue weighted by Gasteiger charge is 2.50. The van der Waals surface area contributed by atoms with E-state index in [1.54, 1.807) is 49.3 Å². The molecule has 2 heterocycles. The van der Waals surface area contributed by atoms with Crippen molar-refractivity contribution >= 4 is 23.5 Å². The zero-order chi connectivity index (χ0) is 21.5. The number of nitrogens with one attached hydrogen (secondary N) is 1. The van der Waals surface area contributed by atoms with Crippen molar-refractivity contribution in [3.63, 3.8) is 0 Å². The molecule has 1 atom stereocenters. The fourth-order valence-electron chi connectivity index (χ4n) is 3.87. The minimum Gasteiger partial charge on any atom is -0.496 e. The number of carbonyl (C=O) groups is 3. The number of imide groups is 1. The average molecular weight is 409 g/mol. The third kappa shape index (κ3) is 3.14. The summed E-state index contributed by atoms with van der Waals surface area (Å²) in [5.41, 5.74) is 0.856. The Morgan fingerprint density at radius 2 is 2.00 bits per heavy atom. The van der Waals surface area contributed by atoms with Gasteiger partial charge in [-0.2, -0.15) is 0 Å². The molecule has 8 heteroatoms. The lowest BCUT2D eigenvalue weighted by Gasteiger charge is -2.30. The first-order valence-corrected chi connectivity index (χ1v) is 9.66. The predicted molar refractivity (Wildman–Crippen MR) is 110 cm³/mol. The van der Waals surface area contributed by atoms with E-state index in [9.17, 15) is 14.4 Å². The van der Waals surface area contributed by atoms with Crippen LogP contribution in [0.4, 0.5) is 10.5 Å². The minimum atomic E-state index is -1.25. The molecule has 0 radical (unpaired) electrons. The van der Waals surface area contributed by atoms with E-state index in [0.717, 1.165) is 10.5 Å². The van der Waals surface area contributed by atoms with Crippen LogP contribution in [0.5, 0.6) is 11.5 Å². The van der Waals surface area contributed by atoms with Crippen LogP contribution in [0.1, 0.15) is 18.1 Å². The standard InChI is InChI=1S/C22H23N3O5/c1-14-12-15(8-9-17(14)29-3)22(2)20(27)25(21(28)23-22)13-19(26)24-10-11-30-18-7-5-4-6-16(18)24/h4-9,12H,10-11,13H2,1-3H3,(H,23,28). The molecule has 1 unspecified atom stereocenters. The van der Waals surface area contributed by atoms with Crippen LogP contribution >= 0.6 is 0 Å². The van der Waals surface area contributed by atoms with Crippen LogP contribution in [0, 0.1) is 6.92 Å². The second-order valence-electron chi connectivity index (χ2n) is 7.49. The largest absolute Gasteiger partial charge is 0.496 e. The molecule has 0 aliphatic carbocycles. The van der Waals surface area contributed by atoms with Crippen LogP contribution in [0.3, 0.4) is 0 Å². The van der Waals surface area contributed by atoms with Gasteiger partial charge in [-0.1, -0.05) is 18.2 Å². The van der Waals surface area contributed by atoms with E-state index in [-0.39, 0.29) is 12.5 Å². The molecule has 0 saturated carbocycles. The number of nitrogens with zero attached hydrogens (tertiary/aromatic N) is 2. The van der Waals surface area contributed by atoms with E-state index in [0.29, 0.717) is 35.9 Å². The summed E-state index contributed by atoms with van der Waals surface area (Å²) in [5, 5.41) is 2.74. The van der Waals surface area contributed by atoms with E-state index in [2.05, 4.69) is 5.32 Å². The SMILES string of the molecule is COc1ccc(C2(C)NC(=O)N(CC(=O)N3CCOc4ccccc43)C2=O)cc1C. The monoisotopic (exact) mass is 409 g/mol. The number of anilines is 1. The van der Waals surface area contributed by atoms with Gasteiger partial charge in [0.2, 0.25) is 5.91 Å². The number of ether oxygens (including phenoxy) is 2. The Bertz CT molecular complexity index is 1040.